The van der Waals surface area contributed by atoms with Gasteiger partial charge in [-0.05, 0) is 12.1 Å². The number of benzene rings is 1. The Bertz CT molecular complexity index is 740. The molecule has 3 rings (SSSR count). The van der Waals surface area contributed by atoms with Crippen LogP contribution in [0.3, 0.4) is 0 Å². The third-order valence-electron chi connectivity index (χ3n) is 3.33. The first-order valence-corrected chi connectivity index (χ1v) is 6.13. The van der Waals surface area contributed by atoms with Gasteiger partial charge in [-0.15, -0.1) is 5.90 Å². The van der Waals surface area contributed by atoms with E-state index >= 15 is 0 Å². The minimum atomic E-state index is -0.564. The Morgan fingerprint density at radius 2 is 2.33 bits per heavy atom. The van der Waals surface area contributed by atoms with Crippen molar-refractivity contribution in [1.29, 1.82) is 0 Å². The van der Waals surface area contributed by atoms with Gasteiger partial charge in [-0.3, -0.25) is 9.36 Å². The lowest BCUT2D eigenvalue weighted by Gasteiger charge is -2.14. The first-order valence-electron chi connectivity index (χ1n) is 6.13. The summed E-state index contributed by atoms with van der Waals surface area (Å²) in [5.74, 6) is 3.90. The molecule has 0 spiro atoms. The van der Waals surface area contributed by atoms with Crippen LogP contribution in [0, 0.1) is 5.82 Å². The lowest BCUT2D eigenvalue weighted by atomic mass is 10.1. The van der Waals surface area contributed by atoms with Crippen molar-refractivity contribution in [1.82, 2.24) is 14.5 Å². The molecule has 1 amide bonds. The van der Waals surface area contributed by atoms with Gasteiger partial charge in [0.15, 0.2) is 0 Å². The molecule has 7 nitrogen and oxygen atoms in total. The van der Waals surface area contributed by atoms with E-state index in [-0.39, 0.29) is 18.0 Å². The summed E-state index contributed by atoms with van der Waals surface area (Å²) < 4.78 is 15.7. The number of carbonyl (C=O) groups excluding carboxylic acids is 1. The number of carbonyl (C=O) groups is 1. The van der Waals surface area contributed by atoms with E-state index in [9.17, 15) is 9.18 Å². The van der Waals surface area contributed by atoms with Gasteiger partial charge in [0.25, 0.3) is 5.91 Å². The van der Waals surface area contributed by atoms with Crippen molar-refractivity contribution in [2.45, 2.75) is 6.54 Å². The Kier molecular flexibility index (Phi) is 3.15. The van der Waals surface area contributed by atoms with Crippen molar-refractivity contribution in [3.63, 3.8) is 0 Å². The number of hydrogen-bond donors (Lipinski definition) is 1. The van der Waals surface area contributed by atoms with Crippen molar-refractivity contribution < 1.29 is 14.1 Å². The Morgan fingerprint density at radius 3 is 3.10 bits per heavy atom. The molecule has 0 saturated carbocycles. The van der Waals surface area contributed by atoms with Gasteiger partial charge >= 0.3 is 0 Å². The number of fused-ring (bicyclic) bond motifs is 3. The molecule has 1 aliphatic rings. The molecule has 0 fully saturated rings. The van der Waals surface area contributed by atoms with Crippen molar-refractivity contribution in [2.75, 3.05) is 7.05 Å². The van der Waals surface area contributed by atoms with Crippen LogP contribution < -0.4 is 5.90 Å². The molecule has 1 aromatic heterocycles. The average molecular weight is 289 g/mol. The minimum Gasteiger partial charge on any atom is -0.336 e. The summed E-state index contributed by atoms with van der Waals surface area (Å²) in [6.07, 6.45) is 2.85. The number of rotatable bonds is 2. The normalized spacial score (nSPS) is 14.0. The van der Waals surface area contributed by atoms with E-state index in [0.29, 0.717) is 17.1 Å². The molecule has 0 atom stereocenters. The minimum absolute atomic E-state index is 0.0229. The molecular weight excluding hydrogens is 277 g/mol. The summed E-state index contributed by atoms with van der Waals surface area (Å²) in [7, 11) is 1.60. The number of aromatic nitrogens is 2. The van der Waals surface area contributed by atoms with E-state index in [1.807, 2.05) is 0 Å². The molecule has 0 radical (unpaired) electrons. The first kappa shape index (κ1) is 13.3. The van der Waals surface area contributed by atoms with E-state index in [0.717, 1.165) is 0 Å². The van der Waals surface area contributed by atoms with Crippen LogP contribution >= 0.6 is 0 Å². The van der Waals surface area contributed by atoms with Crippen molar-refractivity contribution in [2.24, 2.45) is 11.1 Å². The molecule has 0 aliphatic carbocycles. The Morgan fingerprint density at radius 1 is 1.52 bits per heavy atom. The highest BCUT2D eigenvalue weighted by Gasteiger charge is 2.28. The largest absolute Gasteiger partial charge is 0.336 e. The zero-order valence-electron chi connectivity index (χ0n) is 11.2. The molecule has 0 bridgehead atoms. The Labute approximate surface area is 119 Å². The van der Waals surface area contributed by atoms with E-state index in [4.69, 9.17) is 5.90 Å². The summed E-state index contributed by atoms with van der Waals surface area (Å²) >= 11 is 0. The van der Waals surface area contributed by atoms with Gasteiger partial charge in [-0.25, -0.2) is 9.37 Å². The number of hydrogen-bond acceptors (Lipinski definition) is 5. The standard InChI is InChI=1S/C13H12FN5O2/c1-18-6-11-9(5-17-21-15)16-7-19(11)10-4-2-3-8(14)12(10)13(18)20/h2-5,7H,6,15H2,1H3. The molecule has 8 heteroatoms. The van der Waals surface area contributed by atoms with Crippen molar-refractivity contribution in [3.05, 3.63) is 47.3 Å². The fourth-order valence-corrected chi connectivity index (χ4v) is 2.35. The second-order valence-electron chi connectivity index (χ2n) is 4.58. The quantitative estimate of drug-likeness (QED) is 0.655. The molecule has 21 heavy (non-hydrogen) atoms. The number of nitrogens with zero attached hydrogens (tertiary/aromatic N) is 4. The van der Waals surface area contributed by atoms with Crippen LogP contribution in [0.2, 0.25) is 0 Å². The molecule has 2 heterocycles. The maximum Gasteiger partial charge on any atom is 0.259 e. The molecule has 1 aromatic carbocycles. The van der Waals surface area contributed by atoms with Crippen LogP contribution in [0.4, 0.5) is 4.39 Å². The second kappa shape index (κ2) is 4.98. The first-order chi connectivity index (χ1) is 10.1. The molecule has 2 aromatic rings. The summed E-state index contributed by atoms with van der Waals surface area (Å²) in [5.41, 5.74) is 1.66. The molecule has 108 valence electrons. The van der Waals surface area contributed by atoms with Crippen LogP contribution in [-0.2, 0) is 11.5 Å². The smallest absolute Gasteiger partial charge is 0.259 e. The number of amides is 1. The van der Waals surface area contributed by atoms with E-state index in [2.05, 4.69) is 15.1 Å². The summed E-state index contributed by atoms with van der Waals surface area (Å²) in [6, 6.07) is 4.48. The third-order valence-corrected chi connectivity index (χ3v) is 3.33. The van der Waals surface area contributed by atoms with Crippen LogP contribution in [0.15, 0.2) is 29.7 Å². The van der Waals surface area contributed by atoms with Gasteiger partial charge in [0, 0.05) is 7.05 Å². The zero-order chi connectivity index (χ0) is 15.0. The predicted molar refractivity (Wildman–Crippen MR) is 72.2 cm³/mol. The van der Waals surface area contributed by atoms with E-state index < -0.39 is 5.82 Å². The third kappa shape index (κ3) is 2.05. The predicted octanol–water partition coefficient (Wildman–Crippen LogP) is 0.821. The van der Waals surface area contributed by atoms with Gasteiger partial charge in [0.2, 0.25) is 0 Å². The van der Waals surface area contributed by atoms with Gasteiger partial charge in [0.1, 0.15) is 17.8 Å². The van der Waals surface area contributed by atoms with Crippen LogP contribution in [0.5, 0.6) is 0 Å². The average Bonchev–Trinajstić information content (AvgIpc) is 2.82. The highest BCUT2D eigenvalue weighted by molar-refractivity contribution is 5.98. The number of oxime groups is 1. The fraction of sp³-hybridized carbons (Fsp3) is 0.154. The summed E-state index contributed by atoms with van der Waals surface area (Å²) in [4.78, 5) is 22.1. The molecular formula is C13H12FN5O2. The Hall–Kier alpha value is -2.74. The maximum atomic E-state index is 14.0. The monoisotopic (exact) mass is 289 g/mol. The molecule has 2 N–H and O–H groups in total. The molecule has 0 unspecified atom stereocenters. The number of imidazole rings is 1. The van der Waals surface area contributed by atoms with Gasteiger partial charge in [-0.2, -0.15) is 0 Å². The van der Waals surface area contributed by atoms with Crippen molar-refractivity contribution in [3.8, 4) is 5.69 Å². The Balaban J connectivity index is 2.24. The van der Waals surface area contributed by atoms with Gasteiger partial charge < -0.3 is 9.84 Å². The topological polar surface area (TPSA) is 85.7 Å². The van der Waals surface area contributed by atoms with Crippen molar-refractivity contribution >= 4 is 12.1 Å². The van der Waals surface area contributed by atoms with E-state index in [1.165, 1.54) is 23.5 Å². The SMILES string of the molecule is CN1Cc2c(C=NON)ncn2-c2cccc(F)c2C1=O. The fourth-order valence-electron chi connectivity index (χ4n) is 2.35. The number of halogens is 1. The lowest BCUT2D eigenvalue weighted by Crippen LogP contribution is -2.26. The highest BCUT2D eigenvalue weighted by atomic mass is 19.1. The number of nitrogens with two attached hydrogens (primary N) is 1. The van der Waals surface area contributed by atoms with Gasteiger partial charge in [-0.1, -0.05) is 11.2 Å². The molecule has 0 saturated heterocycles. The maximum absolute atomic E-state index is 14.0. The lowest BCUT2D eigenvalue weighted by molar-refractivity contribution is 0.0783. The molecule has 1 aliphatic heterocycles. The highest BCUT2D eigenvalue weighted by Crippen LogP contribution is 2.26. The summed E-state index contributed by atoms with van der Waals surface area (Å²) in [5, 5.41) is 3.47. The summed E-state index contributed by atoms with van der Waals surface area (Å²) in [6.45, 7) is 0.263. The van der Waals surface area contributed by atoms with Crippen LogP contribution in [0.25, 0.3) is 5.69 Å². The zero-order valence-corrected chi connectivity index (χ0v) is 11.2. The second-order valence-corrected chi connectivity index (χ2v) is 4.58. The van der Waals surface area contributed by atoms with Crippen LogP contribution in [-0.4, -0.2) is 33.6 Å². The van der Waals surface area contributed by atoms with E-state index in [1.54, 1.807) is 23.7 Å². The van der Waals surface area contributed by atoms with Gasteiger partial charge in [0.05, 0.1) is 29.7 Å². The van der Waals surface area contributed by atoms with Crippen LogP contribution in [0.1, 0.15) is 21.7 Å².